The van der Waals surface area contributed by atoms with Gasteiger partial charge in [-0.05, 0) is 23.9 Å². The van der Waals surface area contributed by atoms with E-state index in [1.165, 1.54) is 0 Å². The number of hydrogen-bond donors (Lipinski definition) is 0. The molecule has 0 bridgehead atoms. The Morgan fingerprint density at radius 3 is 1.64 bits per heavy atom. The Labute approximate surface area is 90.5 Å². The second kappa shape index (κ2) is 12.3. The molecule has 0 aliphatic rings. The molecule has 14 heavy (non-hydrogen) atoms. The Morgan fingerprint density at radius 1 is 0.857 bits per heavy atom. The van der Waals surface area contributed by atoms with Crippen molar-refractivity contribution < 1.29 is 0 Å². The fourth-order valence-corrected chi connectivity index (χ4v) is 2.74. The minimum Gasteiger partial charge on any atom is -0.0942 e. The van der Waals surface area contributed by atoms with Crippen molar-refractivity contribution >= 4 is 21.6 Å². The van der Waals surface area contributed by atoms with Gasteiger partial charge in [0, 0.05) is 34.4 Å². The van der Waals surface area contributed by atoms with Crippen molar-refractivity contribution in [1.29, 1.82) is 0 Å². The van der Waals surface area contributed by atoms with E-state index in [1.54, 1.807) is 21.6 Å². The van der Waals surface area contributed by atoms with E-state index in [1.807, 2.05) is 0 Å². The maximum atomic E-state index is 8.00. The van der Waals surface area contributed by atoms with Crippen LogP contribution in [0.3, 0.4) is 0 Å². The quantitative estimate of drug-likeness (QED) is 0.199. The van der Waals surface area contributed by atoms with Gasteiger partial charge in [-0.25, -0.2) is 0 Å². The van der Waals surface area contributed by atoms with Crippen LogP contribution < -0.4 is 0 Å². The molecule has 0 N–H and O–H groups in total. The van der Waals surface area contributed by atoms with Gasteiger partial charge in [-0.1, -0.05) is 31.8 Å². The minimum absolute atomic E-state index is 0.572. The van der Waals surface area contributed by atoms with Crippen LogP contribution in [0.5, 0.6) is 0 Å². The van der Waals surface area contributed by atoms with Gasteiger partial charge in [0.15, 0.2) is 0 Å². The molecule has 0 amide bonds. The molecule has 78 valence electrons. The zero-order chi connectivity index (χ0) is 10.5. The lowest BCUT2D eigenvalue weighted by atomic mass is 10.5. The van der Waals surface area contributed by atoms with E-state index in [4.69, 9.17) is 11.1 Å². The third-order valence-electron chi connectivity index (χ3n) is 1.18. The third-order valence-corrected chi connectivity index (χ3v) is 3.76. The minimum atomic E-state index is 0.572. The molecular weight excluding hydrogens is 220 g/mol. The SMILES string of the molecule is [N-]=[N+]=NCCCSSCCCN=[N+]=[N-]. The van der Waals surface area contributed by atoms with E-state index in [2.05, 4.69) is 20.1 Å². The molecule has 0 heterocycles. The fourth-order valence-electron chi connectivity index (χ4n) is 0.596. The summed E-state index contributed by atoms with van der Waals surface area (Å²) in [6.45, 7) is 1.14. The number of rotatable bonds is 9. The van der Waals surface area contributed by atoms with Gasteiger partial charge in [-0.3, -0.25) is 0 Å². The molecule has 0 atom stereocenters. The van der Waals surface area contributed by atoms with Gasteiger partial charge < -0.3 is 0 Å². The predicted octanol–water partition coefficient (Wildman–Crippen LogP) is 3.77. The van der Waals surface area contributed by atoms with Crippen LogP contribution in [0.15, 0.2) is 10.2 Å². The lowest BCUT2D eigenvalue weighted by Gasteiger charge is -1.97. The lowest BCUT2D eigenvalue weighted by molar-refractivity contribution is 0.931. The maximum Gasteiger partial charge on any atom is 0.0266 e. The summed E-state index contributed by atoms with van der Waals surface area (Å²) in [6.07, 6.45) is 1.83. The van der Waals surface area contributed by atoms with E-state index in [9.17, 15) is 0 Å². The molecule has 6 nitrogen and oxygen atoms in total. The highest BCUT2D eigenvalue weighted by molar-refractivity contribution is 8.76. The van der Waals surface area contributed by atoms with Gasteiger partial charge in [0.2, 0.25) is 0 Å². The Hall–Kier alpha value is -0.680. The molecule has 0 aromatic rings. The fraction of sp³-hybridized carbons (Fsp3) is 1.00. The molecule has 0 aliphatic heterocycles. The molecule has 0 fully saturated rings. The van der Waals surface area contributed by atoms with Crippen molar-refractivity contribution in [3.05, 3.63) is 20.9 Å². The second-order valence-corrected chi connectivity index (χ2v) is 4.96. The number of nitrogens with zero attached hydrogens (tertiary/aromatic N) is 6. The third kappa shape index (κ3) is 11.3. The van der Waals surface area contributed by atoms with Gasteiger partial charge >= 0.3 is 0 Å². The van der Waals surface area contributed by atoms with Gasteiger partial charge in [0.25, 0.3) is 0 Å². The first kappa shape index (κ1) is 13.3. The predicted molar refractivity (Wildman–Crippen MR) is 62.2 cm³/mol. The van der Waals surface area contributed by atoms with E-state index in [0.29, 0.717) is 13.1 Å². The van der Waals surface area contributed by atoms with E-state index in [-0.39, 0.29) is 0 Å². The van der Waals surface area contributed by atoms with Crippen LogP contribution in [0.2, 0.25) is 0 Å². The standard InChI is InChI=1S/C6H12N6S2/c7-11-9-3-1-5-13-14-6-2-4-10-12-8/h1-6H2. The van der Waals surface area contributed by atoms with Gasteiger partial charge in [0.05, 0.1) is 0 Å². The Bertz CT molecular complexity index is 196. The van der Waals surface area contributed by atoms with Crippen LogP contribution in [0.25, 0.3) is 20.9 Å². The Morgan fingerprint density at radius 2 is 1.29 bits per heavy atom. The van der Waals surface area contributed by atoms with Gasteiger partial charge in [0.1, 0.15) is 0 Å². The van der Waals surface area contributed by atoms with Crippen LogP contribution >= 0.6 is 21.6 Å². The largest absolute Gasteiger partial charge is 0.0942 e. The van der Waals surface area contributed by atoms with Crippen molar-refractivity contribution in [2.45, 2.75) is 12.8 Å². The van der Waals surface area contributed by atoms with Gasteiger partial charge in [-0.15, -0.1) is 0 Å². The number of azide groups is 2. The van der Waals surface area contributed by atoms with E-state index < -0.39 is 0 Å². The summed E-state index contributed by atoms with van der Waals surface area (Å²) in [5, 5.41) is 6.87. The average Bonchev–Trinajstić information content (AvgIpc) is 2.21. The molecule has 0 rings (SSSR count). The second-order valence-electron chi connectivity index (χ2n) is 2.26. The molecule has 0 aliphatic carbocycles. The van der Waals surface area contributed by atoms with Crippen molar-refractivity contribution in [2.75, 3.05) is 24.6 Å². The summed E-state index contributed by atoms with van der Waals surface area (Å²) in [4.78, 5) is 5.33. The zero-order valence-electron chi connectivity index (χ0n) is 7.74. The van der Waals surface area contributed by atoms with Crippen molar-refractivity contribution in [2.24, 2.45) is 10.2 Å². The zero-order valence-corrected chi connectivity index (χ0v) is 9.38. The molecule has 0 radical (unpaired) electrons. The molecule has 0 aromatic heterocycles. The molecule has 8 heteroatoms. The summed E-state index contributed by atoms with van der Waals surface area (Å²) in [5.41, 5.74) is 16.0. The topological polar surface area (TPSA) is 97.5 Å². The first-order valence-electron chi connectivity index (χ1n) is 4.18. The van der Waals surface area contributed by atoms with Crippen molar-refractivity contribution in [3.63, 3.8) is 0 Å². The summed E-state index contributed by atoms with van der Waals surface area (Å²) in [5.74, 6) is 1.98. The molecule has 0 saturated carbocycles. The van der Waals surface area contributed by atoms with Crippen LogP contribution in [0, 0.1) is 0 Å². The summed E-state index contributed by atoms with van der Waals surface area (Å²) in [6, 6.07) is 0. The van der Waals surface area contributed by atoms with E-state index in [0.717, 1.165) is 24.3 Å². The summed E-state index contributed by atoms with van der Waals surface area (Å²) >= 11 is 0. The normalized spacial score (nSPS) is 8.86. The summed E-state index contributed by atoms with van der Waals surface area (Å²) in [7, 11) is 3.52. The molecular formula is C6H12N6S2. The highest BCUT2D eigenvalue weighted by atomic mass is 33.1. The molecule has 0 aromatic carbocycles. The van der Waals surface area contributed by atoms with Crippen molar-refractivity contribution in [1.82, 2.24) is 0 Å². The molecule has 0 saturated heterocycles. The Balaban J connectivity index is 2.98. The smallest absolute Gasteiger partial charge is 0.0266 e. The first-order valence-corrected chi connectivity index (χ1v) is 6.66. The highest BCUT2D eigenvalue weighted by Gasteiger charge is 1.90. The summed E-state index contributed by atoms with van der Waals surface area (Å²) < 4.78 is 0. The van der Waals surface area contributed by atoms with Crippen LogP contribution in [-0.2, 0) is 0 Å². The van der Waals surface area contributed by atoms with Crippen LogP contribution in [-0.4, -0.2) is 24.6 Å². The van der Waals surface area contributed by atoms with E-state index >= 15 is 0 Å². The Kier molecular flexibility index (Phi) is 11.7. The van der Waals surface area contributed by atoms with Crippen LogP contribution in [0.4, 0.5) is 0 Å². The number of hydrogen-bond acceptors (Lipinski definition) is 4. The molecule has 0 unspecified atom stereocenters. The molecule has 0 spiro atoms. The lowest BCUT2D eigenvalue weighted by Crippen LogP contribution is -1.84. The van der Waals surface area contributed by atoms with Crippen LogP contribution in [0.1, 0.15) is 12.8 Å². The monoisotopic (exact) mass is 232 g/mol. The first-order chi connectivity index (χ1) is 6.91. The average molecular weight is 232 g/mol. The highest BCUT2D eigenvalue weighted by Crippen LogP contribution is 2.22. The van der Waals surface area contributed by atoms with Crippen molar-refractivity contribution in [3.8, 4) is 0 Å². The maximum absolute atomic E-state index is 8.00. The van der Waals surface area contributed by atoms with Gasteiger partial charge in [-0.2, -0.15) is 0 Å².